The normalized spacial score (nSPS) is 10.8. The third kappa shape index (κ3) is 5.24. The third-order valence-corrected chi connectivity index (χ3v) is 4.49. The molecule has 10 heteroatoms. The van der Waals surface area contributed by atoms with Gasteiger partial charge in [-0.25, -0.2) is 5.43 Å². The molecule has 1 heterocycles. The van der Waals surface area contributed by atoms with Crippen LogP contribution in [0.15, 0.2) is 53.6 Å². The average Bonchev–Trinajstić information content (AvgIpc) is 3.14. The number of aryl methyl sites for hydroxylation is 1. The van der Waals surface area contributed by atoms with Crippen LogP contribution in [-0.4, -0.2) is 41.0 Å². The highest BCUT2D eigenvalue weighted by atomic mass is 16.6. The van der Waals surface area contributed by atoms with Gasteiger partial charge in [-0.3, -0.25) is 4.79 Å². The van der Waals surface area contributed by atoms with Gasteiger partial charge in [0.1, 0.15) is 11.5 Å². The van der Waals surface area contributed by atoms with Crippen molar-refractivity contribution in [3.05, 3.63) is 81.0 Å². The van der Waals surface area contributed by atoms with E-state index in [1.54, 1.807) is 50.4 Å². The van der Waals surface area contributed by atoms with Crippen LogP contribution in [0.25, 0.3) is 0 Å². The molecule has 0 aliphatic carbocycles. The second-order valence-corrected chi connectivity index (χ2v) is 6.57. The Morgan fingerprint density at radius 2 is 2.03 bits per heavy atom. The molecule has 0 fully saturated rings. The quantitative estimate of drug-likeness (QED) is 0.338. The molecule has 0 aliphatic heterocycles. The molecule has 0 unspecified atom stereocenters. The van der Waals surface area contributed by atoms with Crippen molar-refractivity contribution in [2.24, 2.45) is 5.10 Å². The summed E-state index contributed by atoms with van der Waals surface area (Å²) in [5, 5.41) is 18.8. The van der Waals surface area contributed by atoms with Gasteiger partial charge in [0.2, 0.25) is 0 Å². The van der Waals surface area contributed by atoms with Crippen molar-refractivity contribution >= 4 is 17.9 Å². The van der Waals surface area contributed by atoms with Crippen molar-refractivity contribution in [2.75, 3.05) is 14.2 Å². The zero-order valence-corrected chi connectivity index (χ0v) is 17.2. The summed E-state index contributed by atoms with van der Waals surface area (Å²) >= 11 is 0. The van der Waals surface area contributed by atoms with E-state index < -0.39 is 10.8 Å². The topological polar surface area (TPSA) is 121 Å². The zero-order valence-electron chi connectivity index (χ0n) is 17.2. The van der Waals surface area contributed by atoms with Gasteiger partial charge in [-0.05, 0) is 41.7 Å². The fourth-order valence-electron chi connectivity index (χ4n) is 2.88. The number of benzene rings is 2. The summed E-state index contributed by atoms with van der Waals surface area (Å²) in [5.41, 5.74) is 4.98. The van der Waals surface area contributed by atoms with E-state index in [1.165, 1.54) is 24.1 Å². The number of carbonyl (C=O) groups excluding carboxylic acids is 1. The molecular weight excluding hydrogens is 402 g/mol. The van der Waals surface area contributed by atoms with E-state index >= 15 is 0 Å². The van der Waals surface area contributed by atoms with Crippen LogP contribution < -0.4 is 14.9 Å². The number of amides is 1. The molecule has 1 amide bonds. The molecule has 3 aromatic rings. The van der Waals surface area contributed by atoms with E-state index in [4.69, 9.17) is 9.47 Å². The Morgan fingerprint density at radius 1 is 1.23 bits per heavy atom. The average molecular weight is 423 g/mol. The lowest BCUT2D eigenvalue weighted by molar-refractivity contribution is -0.389. The first-order chi connectivity index (χ1) is 14.9. The monoisotopic (exact) mass is 423 g/mol. The molecule has 0 spiro atoms. The minimum absolute atomic E-state index is 0.213. The molecule has 3 rings (SSSR count). The van der Waals surface area contributed by atoms with Gasteiger partial charge < -0.3 is 19.6 Å². The lowest BCUT2D eigenvalue weighted by Gasteiger charge is -2.07. The van der Waals surface area contributed by atoms with E-state index in [-0.39, 0.29) is 5.82 Å². The number of hydrogen-bond acceptors (Lipinski definition) is 7. The van der Waals surface area contributed by atoms with Gasteiger partial charge in [0, 0.05) is 17.2 Å². The number of carbonyl (C=O) groups is 1. The predicted octanol–water partition coefficient (Wildman–Crippen LogP) is 2.93. The van der Waals surface area contributed by atoms with Gasteiger partial charge in [-0.1, -0.05) is 12.1 Å². The van der Waals surface area contributed by atoms with Crippen LogP contribution in [0.4, 0.5) is 5.82 Å². The van der Waals surface area contributed by atoms with Crippen molar-refractivity contribution in [1.29, 1.82) is 0 Å². The molecule has 0 bridgehead atoms. The molecule has 0 saturated heterocycles. The van der Waals surface area contributed by atoms with Gasteiger partial charge in [0.25, 0.3) is 5.91 Å². The Hall–Kier alpha value is -4.21. The fraction of sp³-hybridized carbons (Fsp3) is 0.190. The van der Waals surface area contributed by atoms with Crippen LogP contribution in [0.1, 0.15) is 27.2 Å². The number of ether oxygens (including phenoxy) is 2. The minimum Gasteiger partial charge on any atom is -0.497 e. The largest absolute Gasteiger partial charge is 0.497 e. The molecule has 2 aromatic carbocycles. The molecule has 1 N–H and O–H groups in total. The summed E-state index contributed by atoms with van der Waals surface area (Å²) in [6.45, 7) is 2.03. The summed E-state index contributed by atoms with van der Waals surface area (Å²) in [4.78, 5) is 22.8. The maximum absolute atomic E-state index is 12.5. The van der Waals surface area contributed by atoms with Crippen molar-refractivity contribution in [1.82, 2.24) is 15.2 Å². The van der Waals surface area contributed by atoms with Crippen molar-refractivity contribution in [3.63, 3.8) is 0 Å². The van der Waals surface area contributed by atoms with E-state index in [2.05, 4.69) is 15.6 Å². The zero-order chi connectivity index (χ0) is 22.4. The van der Waals surface area contributed by atoms with Crippen LogP contribution in [0.5, 0.6) is 11.5 Å². The van der Waals surface area contributed by atoms with E-state index in [0.717, 1.165) is 5.56 Å². The number of hydrogen-bond donors (Lipinski definition) is 1. The van der Waals surface area contributed by atoms with Crippen molar-refractivity contribution < 1.29 is 19.2 Å². The summed E-state index contributed by atoms with van der Waals surface area (Å²) < 4.78 is 12.0. The number of nitrogens with zero attached hydrogens (tertiary/aromatic N) is 4. The molecule has 10 nitrogen and oxygen atoms in total. The molecule has 31 heavy (non-hydrogen) atoms. The highest BCUT2D eigenvalue weighted by Crippen LogP contribution is 2.23. The van der Waals surface area contributed by atoms with Crippen molar-refractivity contribution in [2.45, 2.75) is 13.5 Å². The third-order valence-electron chi connectivity index (χ3n) is 4.49. The smallest absolute Gasteiger partial charge is 0.390 e. The summed E-state index contributed by atoms with van der Waals surface area (Å²) in [7, 11) is 3.10. The van der Waals surface area contributed by atoms with Crippen LogP contribution in [0.2, 0.25) is 0 Å². The second-order valence-electron chi connectivity index (χ2n) is 6.57. The number of rotatable bonds is 8. The maximum Gasteiger partial charge on any atom is 0.390 e. The number of hydrazone groups is 1. The van der Waals surface area contributed by atoms with Crippen LogP contribution in [0.3, 0.4) is 0 Å². The molecular formula is C21H21N5O5. The lowest BCUT2D eigenvalue weighted by Crippen LogP contribution is -2.18. The van der Waals surface area contributed by atoms with Gasteiger partial charge in [0.15, 0.2) is 0 Å². The number of methoxy groups -OCH3 is 2. The van der Waals surface area contributed by atoms with Crippen LogP contribution in [0, 0.1) is 17.0 Å². The lowest BCUT2D eigenvalue weighted by atomic mass is 10.1. The molecule has 160 valence electrons. The summed E-state index contributed by atoms with van der Waals surface area (Å²) in [6, 6.07) is 13.5. The predicted molar refractivity (Wildman–Crippen MR) is 114 cm³/mol. The molecule has 0 radical (unpaired) electrons. The SMILES string of the molecule is COc1ccc(/C=N/NC(=O)c2cccc(Cn3nc([N+](=O)[O-])cc3C)c2)c(OC)c1. The van der Waals surface area contributed by atoms with Crippen LogP contribution in [-0.2, 0) is 6.54 Å². The first-order valence-corrected chi connectivity index (χ1v) is 9.24. The Morgan fingerprint density at radius 3 is 2.71 bits per heavy atom. The summed E-state index contributed by atoms with van der Waals surface area (Å²) in [5.74, 6) is 0.596. The Bertz CT molecular complexity index is 1140. The maximum atomic E-state index is 12.5. The number of nitro groups is 1. The van der Waals surface area contributed by atoms with Crippen molar-refractivity contribution in [3.8, 4) is 11.5 Å². The van der Waals surface area contributed by atoms with E-state index in [9.17, 15) is 14.9 Å². The minimum atomic E-state index is -0.539. The van der Waals surface area contributed by atoms with Gasteiger partial charge in [-0.15, -0.1) is 0 Å². The molecule has 0 atom stereocenters. The number of aromatic nitrogens is 2. The first-order valence-electron chi connectivity index (χ1n) is 9.24. The summed E-state index contributed by atoms with van der Waals surface area (Å²) in [6.07, 6.45) is 1.48. The highest BCUT2D eigenvalue weighted by molar-refractivity contribution is 5.95. The second kappa shape index (κ2) is 9.53. The number of nitrogens with one attached hydrogen (secondary N) is 1. The van der Waals surface area contributed by atoms with E-state index in [0.29, 0.717) is 34.9 Å². The molecule has 0 aliphatic rings. The Labute approximate surface area is 178 Å². The Kier molecular flexibility index (Phi) is 6.61. The molecule has 1 aromatic heterocycles. The standard InChI is InChI=1S/C21H21N5O5/c1-14-9-20(26(28)29)24-25(14)13-15-5-4-6-16(10-15)21(27)23-22-12-17-7-8-18(30-2)11-19(17)31-3/h4-12H,13H2,1-3H3,(H,23,27)/b22-12+. The molecule has 0 saturated carbocycles. The Balaban J connectivity index is 1.69. The highest BCUT2D eigenvalue weighted by Gasteiger charge is 2.16. The fourth-order valence-corrected chi connectivity index (χ4v) is 2.88. The van der Waals surface area contributed by atoms with Gasteiger partial charge in [-0.2, -0.15) is 9.78 Å². The van der Waals surface area contributed by atoms with Gasteiger partial charge >= 0.3 is 5.82 Å². The van der Waals surface area contributed by atoms with Gasteiger partial charge in [0.05, 0.1) is 43.8 Å². The van der Waals surface area contributed by atoms with Crippen LogP contribution >= 0.6 is 0 Å². The first kappa shape index (κ1) is 21.5. The van der Waals surface area contributed by atoms with E-state index in [1.807, 2.05) is 6.07 Å².